The van der Waals surface area contributed by atoms with Crippen LogP contribution in [0.5, 0.6) is 0 Å². The van der Waals surface area contributed by atoms with E-state index in [1.165, 1.54) is 0 Å². The van der Waals surface area contributed by atoms with E-state index < -0.39 is 18.2 Å². The van der Waals surface area contributed by atoms with E-state index in [2.05, 4.69) is 23.2 Å². The van der Waals surface area contributed by atoms with Gasteiger partial charge in [-0.25, -0.2) is 9.97 Å². The Hall–Kier alpha value is -5.62. The summed E-state index contributed by atoms with van der Waals surface area (Å²) in [4.78, 5) is 13.4. The summed E-state index contributed by atoms with van der Waals surface area (Å²) in [5, 5.41) is 3.90. The van der Waals surface area contributed by atoms with Crippen LogP contribution in [0, 0.1) is 0 Å². The van der Waals surface area contributed by atoms with Crippen molar-refractivity contribution < 1.29 is 30.3 Å². The molecule has 0 saturated heterocycles. The minimum Gasteiger partial charge on any atom is -0.269 e. The zero-order valence-electron chi connectivity index (χ0n) is 24.1. The molecule has 10 rings (SSSR count). The number of aromatic amines is 1. The van der Waals surface area contributed by atoms with E-state index >= 15 is 0 Å². The van der Waals surface area contributed by atoms with Crippen LogP contribution in [-0.2, 0) is 18.2 Å². The van der Waals surface area contributed by atoms with Gasteiger partial charge in [0.25, 0.3) is 16.7 Å². The first-order chi connectivity index (χ1) is 22.7. The second kappa shape index (κ2) is 8.80. The summed E-state index contributed by atoms with van der Waals surface area (Å²) in [7, 11) is -10.9. The van der Waals surface area contributed by atoms with Gasteiger partial charge in [0, 0.05) is 34.0 Å². The summed E-state index contributed by atoms with van der Waals surface area (Å²) in [6.45, 7) is 0. The molecule has 0 spiro atoms. The Morgan fingerprint density at radius 1 is 0.596 bits per heavy atom. The fourth-order valence-electron chi connectivity index (χ4n) is 7.26. The SMILES string of the molecule is O=S(=O)(O)S(=O)(=O)[n+]1c2c([nH+]c3ccc(-c4ccc5nc6c(nc5c4)-c4cccc5cccc-6c45)cc31)-c1cccc3cccc-2c13. The lowest BCUT2D eigenvalue weighted by atomic mass is 10.0. The maximum absolute atomic E-state index is 13.7. The van der Waals surface area contributed by atoms with Crippen LogP contribution in [0.2, 0.25) is 0 Å². The predicted molar refractivity (Wildman–Crippen MR) is 179 cm³/mol. The number of hydrogen-bond acceptors (Lipinski definition) is 6. The highest BCUT2D eigenvalue weighted by Gasteiger charge is 2.49. The molecule has 0 aliphatic heterocycles. The van der Waals surface area contributed by atoms with Gasteiger partial charge in [-0.2, -0.15) is 13.4 Å². The van der Waals surface area contributed by atoms with Gasteiger partial charge in [-0.05, 0) is 56.2 Å². The van der Waals surface area contributed by atoms with Gasteiger partial charge in [-0.15, -0.1) is 8.42 Å². The van der Waals surface area contributed by atoms with Crippen molar-refractivity contribution in [3.05, 3.63) is 109 Å². The molecule has 0 amide bonds. The fraction of sp³-hybridized carbons (Fsp3) is 0. The van der Waals surface area contributed by atoms with Crippen LogP contribution in [0.15, 0.2) is 109 Å². The number of fused-ring (bicyclic) bond motifs is 8. The Bertz CT molecular complexity index is 3010. The Balaban J connectivity index is 1.22. The van der Waals surface area contributed by atoms with E-state index in [0.29, 0.717) is 33.4 Å². The van der Waals surface area contributed by atoms with Crippen molar-refractivity contribution in [2.75, 3.05) is 0 Å². The van der Waals surface area contributed by atoms with Crippen LogP contribution < -0.4 is 8.96 Å². The fourth-order valence-corrected chi connectivity index (χ4v) is 9.28. The predicted octanol–water partition coefficient (Wildman–Crippen LogP) is 6.13. The van der Waals surface area contributed by atoms with Gasteiger partial charge < -0.3 is 0 Å². The third-order valence-corrected chi connectivity index (χ3v) is 12.7. The van der Waals surface area contributed by atoms with Crippen molar-refractivity contribution in [2.45, 2.75) is 0 Å². The van der Waals surface area contributed by atoms with Crippen LogP contribution in [0.1, 0.15) is 0 Å². The Morgan fingerprint density at radius 3 is 1.81 bits per heavy atom. The molecule has 0 saturated carbocycles. The molecule has 47 heavy (non-hydrogen) atoms. The Morgan fingerprint density at radius 2 is 1.15 bits per heavy atom. The maximum Gasteiger partial charge on any atom is 0.506 e. The van der Waals surface area contributed by atoms with E-state index in [1.54, 1.807) is 24.3 Å². The number of aromatic nitrogens is 4. The highest BCUT2D eigenvalue weighted by Crippen LogP contribution is 2.46. The molecule has 11 heteroatoms. The average molecular weight is 653 g/mol. The Kier molecular flexibility index (Phi) is 4.97. The van der Waals surface area contributed by atoms with Crippen molar-refractivity contribution in [3.8, 4) is 56.2 Å². The molecule has 9 nitrogen and oxygen atoms in total. The van der Waals surface area contributed by atoms with Crippen molar-refractivity contribution in [2.24, 2.45) is 0 Å². The first kappa shape index (κ1) is 26.6. The van der Waals surface area contributed by atoms with E-state index in [4.69, 9.17) is 9.97 Å². The zero-order valence-corrected chi connectivity index (χ0v) is 25.8. The van der Waals surface area contributed by atoms with Gasteiger partial charge in [0.1, 0.15) is 0 Å². The number of nitrogens with one attached hydrogen (secondary N) is 1. The van der Waals surface area contributed by atoms with E-state index in [0.717, 1.165) is 59.2 Å². The largest absolute Gasteiger partial charge is 0.506 e. The molecular weight excluding hydrogens is 633 g/mol. The lowest BCUT2D eigenvalue weighted by Crippen LogP contribution is -2.50. The smallest absolute Gasteiger partial charge is 0.269 e. The highest BCUT2D eigenvalue weighted by atomic mass is 33.2. The lowest BCUT2D eigenvalue weighted by Gasteiger charge is -2.07. The molecule has 0 unspecified atom stereocenters. The molecule has 0 fully saturated rings. The molecule has 2 aromatic heterocycles. The Labute approximate surface area is 266 Å². The molecule has 6 aromatic carbocycles. The van der Waals surface area contributed by atoms with Crippen molar-refractivity contribution in [1.82, 2.24) is 9.97 Å². The molecule has 0 bridgehead atoms. The van der Waals surface area contributed by atoms with Gasteiger partial charge in [0.15, 0.2) is 0 Å². The number of hydrogen-bond donors (Lipinski definition) is 1. The van der Waals surface area contributed by atoms with Crippen LogP contribution >= 0.6 is 0 Å². The molecule has 2 heterocycles. The standard InChI is InChI=1S/C36H18N4O5S2/c41-46(42,47(43,44)45)40-30-18-22(14-16-28(30)38-35-25-11-3-7-20-8-4-12-26(32(20)25)36(35)40)21-13-15-27-29(17-21)39-34-24-10-2-6-19-5-1-9-23(31(19)24)33(34)37-27/h1-18H/p+2. The number of H-pyrrole nitrogens is 1. The third kappa shape index (κ3) is 3.45. The van der Waals surface area contributed by atoms with Crippen molar-refractivity contribution in [3.63, 3.8) is 0 Å². The normalized spacial score (nSPS) is 13.1. The summed E-state index contributed by atoms with van der Waals surface area (Å²) in [5.74, 6) is 0. The summed E-state index contributed by atoms with van der Waals surface area (Å²) in [6, 6.07) is 34.1. The van der Waals surface area contributed by atoms with Gasteiger partial charge >= 0.3 is 23.9 Å². The molecule has 0 radical (unpaired) electrons. The quantitative estimate of drug-likeness (QED) is 0.138. The van der Waals surface area contributed by atoms with Crippen LogP contribution in [0.25, 0.3) is 99.8 Å². The maximum atomic E-state index is 13.7. The second-order valence-corrected chi connectivity index (χ2v) is 16.4. The second-order valence-electron chi connectivity index (χ2n) is 11.8. The first-order valence-electron chi connectivity index (χ1n) is 14.7. The van der Waals surface area contributed by atoms with Gasteiger partial charge in [0.2, 0.25) is 0 Å². The summed E-state index contributed by atoms with van der Waals surface area (Å²) >= 11 is 0. The molecule has 0 atom stereocenters. The molecule has 2 aliphatic carbocycles. The molecule has 224 valence electrons. The third-order valence-electron chi connectivity index (χ3n) is 9.25. The summed E-state index contributed by atoms with van der Waals surface area (Å²) in [6.07, 6.45) is 0. The van der Waals surface area contributed by atoms with Gasteiger partial charge in [-0.1, -0.05) is 66.7 Å². The number of rotatable bonds is 3. The molecule has 2 aliphatic rings. The highest BCUT2D eigenvalue weighted by molar-refractivity contribution is 8.62. The molecule has 2 N–H and O–H groups in total. The van der Waals surface area contributed by atoms with Gasteiger partial charge in [0.05, 0.1) is 33.5 Å². The minimum absolute atomic E-state index is 0.0611. The topological polar surface area (TPSA) is 132 Å². The van der Waals surface area contributed by atoms with Gasteiger partial charge in [-0.3, -0.25) is 4.55 Å². The van der Waals surface area contributed by atoms with E-state index in [1.807, 2.05) is 66.7 Å². The van der Waals surface area contributed by atoms with Crippen LogP contribution in [0.3, 0.4) is 0 Å². The van der Waals surface area contributed by atoms with E-state index in [9.17, 15) is 21.4 Å². The monoisotopic (exact) mass is 652 g/mol. The number of nitrogens with zero attached hydrogens (tertiary/aromatic N) is 3. The summed E-state index contributed by atoms with van der Waals surface area (Å²) < 4.78 is 63.1. The van der Waals surface area contributed by atoms with Crippen molar-refractivity contribution in [1.29, 1.82) is 0 Å². The summed E-state index contributed by atoms with van der Waals surface area (Å²) in [5.41, 5.74) is 8.69. The molecule has 8 aromatic rings. The zero-order chi connectivity index (χ0) is 31.8. The van der Waals surface area contributed by atoms with E-state index in [-0.39, 0.29) is 11.2 Å². The minimum atomic E-state index is -5.57. The van der Waals surface area contributed by atoms with Crippen LogP contribution in [0.4, 0.5) is 0 Å². The first-order valence-corrected chi connectivity index (χ1v) is 18.1. The average Bonchev–Trinajstić information content (AvgIpc) is 3.56. The van der Waals surface area contributed by atoms with Crippen molar-refractivity contribution >= 4 is 61.8 Å². The molecular formula is C36H20N4O5S2+2. The number of benzene rings is 6. The van der Waals surface area contributed by atoms with Crippen LogP contribution in [-0.4, -0.2) is 31.4 Å². The lowest BCUT2D eigenvalue weighted by molar-refractivity contribution is -0.481.